The van der Waals surface area contributed by atoms with Crippen molar-refractivity contribution in [1.82, 2.24) is 19.5 Å². The van der Waals surface area contributed by atoms with E-state index in [1.807, 2.05) is 35.7 Å². The molecule has 52 heavy (non-hydrogen) atoms. The second-order valence-corrected chi connectivity index (χ2v) is 14.2. The van der Waals surface area contributed by atoms with Gasteiger partial charge in [0.05, 0.1) is 16.6 Å². The van der Waals surface area contributed by atoms with Crippen molar-refractivity contribution < 1.29 is 0 Å². The number of para-hydroxylation sites is 1. The Balaban J connectivity index is 1.15. The van der Waals surface area contributed by atoms with Crippen LogP contribution in [0.25, 0.3) is 103 Å². The van der Waals surface area contributed by atoms with Gasteiger partial charge in [-0.15, -0.1) is 11.3 Å². The summed E-state index contributed by atoms with van der Waals surface area (Å²) in [7, 11) is 0. The van der Waals surface area contributed by atoms with E-state index in [4.69, 9.17) is 15.0 Å². The number of hydrogen-bond donors (Lipinski definition) is 0. The number of hydrogen-bond acceptors (Lipinski definition) is 4. The molecular formula is C47H28N4S. The lowest BCUT2D eigenvalue weighted by Gasteiger charge is -2.13. The lowest BCUT2D eigenvalue weighted by molar-refractivity contribution is 1.17. The first kappa shape index (κ1) is 29.1. The fraction of sp³-hybridized carbons (Fsp3) is 0. The standard InChI is InChI=1S/C47H28N4S/c1-2-12-29(13-3-1)30-23-25-31(26-24-30)43-44-38(20-11-27-48-44)49-47(50-43)32-14-10-15-33(28-32)51-39-21-8-6-18-36(39)41-42-37-19-7-9-22-40(37)52-46(42)35-17-5-4-16-34(35)45(41)51/h1-28H. The van der Waals surface area contributed by atoms with Crippen molar-refractivity contribution in [1.29, 1.82) is 0 Å². The summed E-state index contributed by atoms with van der Waals surface area (Å²) >= 11 is 1.89. The third-order valence-corrected chi connectivity index (χ3v) is 11.4. The zero-order valence-corrected chi connectivity index (χ0v) is 28.7. The van der Waals surface area contributed by atoms with Crippen LogP contribution in [0, 0.1) is 0 Å². The first-order valence-corrected chi connectivity index (χ1v) is 18.3. The summed E-state index contributed by atoms with van der Waals surface area (Å²) < 4.78 is 5.08. The first-order valence-electron chi connectivity index (χ1n) is 17.4. The highest BCUT2D eigenvalue weighted by molar-refractivity contribution is 7.27. The molecule has 0 unspecified atom stereocenters. The van der Waals surface area contributed by atoms with Gasteiger partial charge in [-0.3, -0.25) is 4.98 Å². The molecule has 4 heterocycles. The van der Waals surface area contributed by atoms with E-state index in [0.29, 0.717) is 5.82 Å². The van der Waals surface area contributed by atoms with Crippen LogP contribution in [0.4, 0.5) is 0 Å². The Morgan fingerprint density at radius 1 is 0.481 bits per heavy atom. The number of nitrogens with zero attached hydrogens (tertiary/aromatic N) is 4. The quantitative estimate of drug-likeness (QED) is 0.186. The number of rotatable bonds is 4. The summed E-state index contributed by atoms with van der Waals surface area (Å²) in [6.45, 7) is 0. The molecular weight excluding hydrogens is 653 g/mol. The largest absolute Gasteiger partial charge is 0.309 e. The Morgan fingerprint density at radius 2 is 1.17 bits per heavy atom. The Kier molecular flexibility index (Phi) is 6.39. The molecule has 0 spiro atoms. The highest BCUT2D eigenvalue weighted by Gasteiger charge is 2.22. The fourth-order valence-corrected chi connectivity index (χ4v) is 9.17. The molecule has 0 aliphatic carbocycles. The van der Waals surface area contributed by atoms with Crippen molar-refractivity contribution in [2.75, 3.05) is 0 Å². The minimum absolute atomic E-state index is 0.668. The Morgan fingerprint density at radius 3 is 2.04 bits per heavy atom. The molecule has 0 aliphatic rings. The van der Waals surface area contributed by atoms with Gasteiger partial charge in [0.2, 0.25) is 0 Å². The maximum Gasteiger partial charge on any atom is 0.160 e. The average Bonchev–Trinajstić information content (AvgIpc) is 3.78. The summed E-state index contributed by atoms with van der Waals surface area (Å²) in [5.74, 6) is 0.668. The topological polar surface area (TPSA) is 43.6 Å². The van der Waals surface area contributed by atoms with Gasteiger partial charge in [-0.1, -0.05) is 127 Å². The zero-order chi connectivity index (χ0) is 34.2. The molecule has 7 aromatic carbocycles. The number of thiophene rings is 1. The van der Waals surface area contributed by atoms with Crippen LogP contribution in [-0.4, -0.2) is 19.5 Å². The van der Waals surface area contributed by atoms with Gasteiger partial charge in [0.15, 0.2) is 5.82 Å². The van der Waals surface area contributed by atoms with Gasteiger partial charge in [0, 0.05) is 64.7 Å². The van der Waals surface area contributed by atoms with E-state index in [2.05, 4.69) is 150 Å². The van der Waals surface area contributed by atoms with Crippen LogP contribution in [-0.2, 0) is 0 Å². The fourth-order valence-electron chi connectivity index (χ4n) is 7.92. The smallest absolute Gasteiger partial charge is 0.160 e. The van der Waals surface area contributed by atoms with Gasteiger partial charge >= 0.3 is 0 Å². The Labute approximate surface area is 302 Å². The maximum atomic E-state index is 5.23. The molecule has 0 N–H and O–H groups in total. The molecule has 0 radical (unpaired) electrons. The minimum atomic E-state index is 0.668. The molecule has 4 nitrogen and oxygen atoms in total. The van der Waals surface area contributed by atoms with Crippen LogP contribution in [0.3, 0.4) is 0 Å². The average molecular weight is 681 g/mol. The number of pyridine rings is 1. The minimum Gasteiger partial charge on any atom is -0.309 e. The normalized spacial score (nSPS) is 11.8. The van der Waals surface area contributed by atoms with Crippen molar-refractivity contribution >= 4 is 75.1 Å². The summed E-state index contributed by atoms with van der Waals surface area (Å²) in [6.07, 6.45) is 1.81. The molecule has 11 aromatic rings. The van der Waals surface area contributed by atoms with Crippen molar-refractivity contribution in [2.24, 2.45) is 0 Å². The van der Waals surface area contributed by atoms with Crippen molar-refractivity contribution in [3.05, 3.63) is 170 Å². The van der Waals surface area contributed by atoms with Gasteiger partial charge < -0.3 is 4.57 Å². The predicted octanol–water partition coefficient (Wildman–Crippen LogP) is 12.6. The van der Waals surface area contributed by atoms with Crippen LogP contribution < -0.4 is 0 Å². The summed E-state index contributed by atoms with van der Waals surface area (Å²) in [6, 6.07) is 58.1. The number of fused-ring (bicyclic) bond motifs is 11. The molecule has 0 atom stereocenters. The van der Waals surface area contributed by atoms with Gasteiger partial charge in [-0.25, -0.2) is 9.97 Å². The highest BCUT2D eigenvalue weighted by atomic mass is 32.1. The van der Waals surface area contributed by atoms with Crippen molar-refractivity contribution in [2.45, 2.75) is 0 Å². The van der Waals surface area contributed by atoms with Crippen LogP contribution in [0.1, 0.15) is 0 Å². The molecule has 0 bridgehead atoms. The Hall–Kier alpha value is -6.69. The van der Waals surface area contributed by atoms with E-state index >= 15 is 0 Å². The molecule has 4 aromatic heterocycles. The van der Waals surface area contributed by atoms with Crippen LogP contribution in [0.5, 0.6) is 0 Å². The molecule has 0 amide bonds. The van der Waals surface area contributed by atoms with Crippen molar-refractivity contribution in [3.8, 4) is 39.5 Å². The zero-order valence-electron chi connectivity index (χ0n) is 27.9. The maximum absolute atomic E-state index is 5.23. The van der Waals surface area contributed by atoms with E-state index < -0.39 is 0 Å². The SMILES string of the molecule is c1ccc(-c2ccc(-c3nc(-c4cccc(-n5c6ccccc6c6c7c8ccccc8sc7c7ccccc7c65)c4)nc4cccnc34)cc2)cc1. The van der Waals surface area contributed by atoms with E-state index in [9.17, 15) is 0 Å². The second kappa shape index (κ2) is 11.4. The molecule has 0 saturated heterocycles. The molecule has 5 heteroatoms. The number of aromatic nitrogens is 4. The molecule has 11 rings (SSSR count). The van der Waals surface area contributed by atoms with E-state index in [0.717, 1.165) is 39.1 Å². The van der Waals surface area contributed by atoms with Gasteiger partial charge in [-0.05, 0) is 47.5 Å². The molecule has 0 fully saturated rings. The highest BCUT2D eigenvalue weighted by Crippen LogP contribution is 2.48. The van der Waals surface area contributed by atoms with Crippen molar-refractivity contribution in [3.63, 3.8) is 0 Å². The number of benzene rings is 7. The van der Waals surface area contributed by atoms with E-state index in [-0.39, 0.29) is 0 Å². The lowest BCUT2D eigenvalue weighted by atomic mass is 10.00. The molecule has 0 aliphatic heterocycles. The van der Waals surface area contributed by atoms with Crippen LogP contribution in [0.15, 0.2) is 170 Å². The van der Waals surface area contributed by atoms with Crippen LogP contribution in [0.2, 0.25) is 0 Å². The van der Waals surface area contributed by atoms with E-state index in [1.165, 1.54) is 58.3 Å². The van der Waals surface area contributed by atoms with Crippen LogP contribution >= 0.6 is 11.3 Å². The summed E-state index contributed by atoms with van der Waals surface area (Å²) in [5.41, 5.74) is 10.2. The third-order valence-electron chi connectivity index (χ3n) is 10.2. The van der Waals surface area contributed by atoms with Gasteiger partial charge in [0.25, 0.3) is 0 Å². The second-order valence-electron chi connectivity index (χ2n) is 13.2. The Bertz CT molecular complexity index is 3180. The predicted molar refractivity (Wildman–Crippen MR) is 218 cm³/mol. The lowest BCUT2D eigenvalue weighted by Crippen LogP contribution is -1.99. The third kappa shape index (κ3) is 4.36. The summed E-state index contributed by atoms with van der Waals surface area (Å²) in [4.78, 5) is 15.0. The van der Waals surface area contributed by atoms with E-state index in [1.54, 1.807) is 0 Å². The monoisotopic (exact) mass is 680 g/mol. The van der Waals surface area contributed by atoms with Gasteiger partial charge in [-0.2, -0.15) is 0 Å². The summed E-state index contributed by atoms with van der Waals surface area (Å²) in [5, 5.41) is 7.69. The van der Waals surface area contributed by atoms with Gasteiger partial charge in [0.1, 0.15) is 11.2 Å². The molecule has 0 saturated carbocycles. The molecule has 242 valence electrons. The first-order chi connectivity index (χ1) is 25.8.